The summed E-state index contributed by atoms with van der Waals surface area (Å²) in [6, 6.07) is 15.1. The summed E-state index contributed by atoms with van der Waals surface area (Å²) in [5.41, 5.74) is 1.96. The molecule has 2 aromatic rings. The Morgan fingerprint density at radius 1 is 1.13 bits per heavy atom. The number of halogens is 1. The van der Waals surface area contributed by atoms with E-state index in [1.165, 1.54) is 6.08 Å². The average Bonchev–Trinajstić information content (AvgIpc) is 2.58. The third-order valence-corrected chi connectivity index (χ3v) is 3.41. The average molecular weight is 330 g/mol. The van der Waals surface area contributed by atoms with Crippen LogP contribution >= 0.6 is 11.6 Å². The molecule has 4 heteroatoms. The van der Waals surface area contributed by atoms with Gasteiger partial charge in [0.15, 0.2) is 0 Å². The van der Waals surface area contributed by atoms with E-state index in [1.54, 1.807) is 18.2 Å². The van der Waals surface area contributed by atoms with Crippen molar-refractivity contribution in [1.29, 1.82) is 0 Å². The summed E-state index contributed by atoms with van der Waals surface area (Å²) in [5, 5.41) is 3.52. The van der Waals surface area contributed by atoms with E-state index in [9.17, 15) is 4.79 Å². The molecule has 0 bridgehead atoms. The second-order valence-corrected chi connectivity index (χ2v) is 5.53. The molecule has 3 nitrogen and oxygen atoms in total. The number of carbonyl (C=O) groups excluding carboxylic acids is 1. The summed E-state index contributed by atoms with van der Waals surface area (Å²) in [4.78, 5) is 11.8. The van der Waals surface area contributed by atoms with Crippen LogP contribution in [0.5, 0.6) is 5.75 Å². The van der Waals surface area contributed by atoms with Crippen molar-refractivity contribution in [2.75, 3.05) is 6.61 Å². The summed E-state index contributed by atoms with van der Waals surface area (Å²) in [6.07, 6.45) is 4.29. The van der Waals surface area contributed by atoms with Crippen molar-refractivity contribution < 1.29 is 9.53 Å². The highest BCUT2D eigenvalue weighted by atomic mass is 35.5. The molecule has 0 heterocycles. The van der Waals surface area contributed by atoms with Crippen molar-refractivity contribution in [2.24, 2.45) is 0 Å². The van der Waals surface area contributed by atoms with Crippen molar-refractivity contribution in [1.82, 2.24) is 5.32 Å². The lowest BCUT2D eigenvalue weighted by Gasteiger charge is -2.04. The highest BCUT2D eigenvalue weighted by Crippen LogP contribution is 2.13. The van der Waals surface area contributed by atoms with E-state index >= 15 is 0 Å². The maximum Gasteiger partial charge on any atom is 0.244 e. The van der Waals surface area contributed by atoms with Gasteiger partial charge in [0, 0.05) is 17.6 Å². The summed E-state index contributed by atoms with van der Waals surface area (Å²) in [5.74, 6) is 0.711. The minimum atomic E-state index is -0.133. The Morgan fingerprint density at radius 3 is 2.48 bits per heavy atom. The third-order valence-electron chi connectivity index (χ3n) is 3.16. The first-order valence-corrected chi connectivity index (χ1v) is 7.98. The molecular weight excluding hydrogens is 310 g/mol. The van der Waals surface area contributed by atoms with Crippen LogP contribution in [-0.4, -0.2) is 12.5 Å². The van der Waals surface area contributed by atoms with Crippen LogP contribution in [0.4, 0.5) is 0 Å². The molecule has 0 radical (unpaired) electrons. The van der Waals surface area contributed by atoms with Crippen LogP contribution in [0.1, 0.15) is 24.5 Å². The van der Waals surface area contributed by atoms with Gasteiger partial charge in [-0.25, -0.2) is 0 Å². The Morgan fingerprint density at radius 2 is 1.83 bits per heavy atom. The Hall–Kier alpha value is -2.26. The Bertz CT molecular complexity index is 648. The quantitative estimate of drug-likeness (QED) is 0.762. The molecule has 0 aromatic heterocycles. The van der Waals surface area contributed by atoms with Crippen LogP contribution < -0.4 is 10.1 Å². The fraction of sp³-hybridized carbons (Fsp3) is 0.211. The Balaban J connectivity index is 1.82. The van der Waals surface area contributed by atoms with Gasteiger partial charge in [0.2, 0.25) is 5.91 Å². The maximum absolute atomic E-state index is 11.8. The summed E-state index contributed by atoms with van der Waals surface area (Å²) >= 11 is 5.82. The van der Waals surface area contributed by atoms with Crippen molar-refractivity contribution >= 4 is 23.6 Å². The molecule has 0 fully saturated rings. The van der Waals surface area contributed by atoms with Gasteiger partial charge < -0.3 is 10.1 Å². The highest BCUT2D eigenvalue weighted by molar-refractivity contribution is 6.30. The molecule has 0 spiro atoms. The molecule has 0 saturated heterocycles. The molecule has 1 N–H and O–H groups in total. The predicted molar refractivity (Wildman–Crippen MR) is 94.6 cm³/mol. The first-order chi connectivity index (χ1) is 11.2. The number of benzene rings is 2. The van der Waals surface area contributed by atoms with Crippen LogP contribution in [0.3, 0.4) is 0 Å². The van der Waals surface area contributed by atoms with Gasteiger partial charge in [-0.3, -0.25) is 4.79 Å². The zero-order valence-electron chi connectivity index (χ0n) is 13.1. The van der Waals surface area contributed by atoms with Crippen molar-refractivity contribution in [2.45, 2.75) is 19.9 Å². The van der Waals surface area contributed by atoms with Crippen LogP contribution in [0.15, 0.2) is 54.6 Å². The van der Waals surface area contributed by atoms with E-state index in [4.69, 9.17) is 16.3 Å². The first kappa shape index (κ1) is 17.1. The summed E-state index contributed by atoms with van der Waals surface area (Å²) < 4.78 is 5.52. The number of carbonyl (C=O) groups is 1. The second kappa shape index (κ2) is 9.01. The van der Waals surface area contributed by atoms with E-state index < -0.39 is 0 Å². The number of hydrogen-bond acceptors (Lipinski definition) is 2. The molecule has 0 aliphatic carbocycles. The number of rotatable bonds is 7. The minimum absolute atomic E-state index is 0.133. The molecule has 1 amide bonds. The molecular formula is C19H20ClNO2. The van der Waals surface area contributed by atoms with E-state index in [0.29, 0.717) is 18.2 Å². The van der Waals surface area contributed by atoms with E-state index in [2.05, 4.69) is 12.2 Å². The number of amides is 1. The number of ether oxygens (including phenoxy) is 1. The van der Waals surface area contributed by atoms with Crippen LogP contribution in [-0.2, 0) is 11.3 Å². The van der Waals surface area contributed by atoms with E-state index in [-0.39, 0.29) is 5.91 Å². The lowest BCUT2D eigenvalue weighted by molar-refractivity contribution is -0.116. The lowest BCUT2D eigenvalue weighted by atomic mass is 10.2. The highest BCUT2D eigenvalue weighted by Gasteiger charge is 1.98. The molecule has 0 unspecified atom stereocenters. The van der Waals surface area contributed by atoms with Gasteiger partial charge in [-0.2, -0.15) is 0 Å². The van der Waals surface area contributed by atoms with Gasteiger partial charge in [-0.05, 0) is 47.9 Å². The van der Waals surface area contributed by atoms with Crippen LogP contribution in [0, 0.1) is 0 Å². The standard InChI is InChI=1S/C19H20ClNO2/c1-2-13-23-18-10-5-15(6-11-18)7-12-19(22)21-14-16-3-8-17(20)9-4-16/h3-12H,2,13-14H2,1H3,(H,21,22)/b12-7-. The molecule has 2 aromatic carbocycles. The first-order valence-electron chi connectivity index (χ1n) is 7.60. The van der Waals surface area contributed by atoms with Gasteiger partial charge in [0.05, 0.1) is 6.61 Å². The fourth-order valence-electron chi connectivity index (χ4n) is 1.92. The van der Waals surface area contributed by atoms with Gasteiger partial charge in [-0.1, -0.05) is 42.8 Å². The van der Waals surface area contributed by atoms with Crippen LogP contribution in [0.25, 0.3) is 6.08 Å². The molecule has 0 saturated carbocycles. The second-order valence-electron chi connectivity index (χ2n) is 5.10. The molecule has 0 atom stereocenters. The predicted octanol–water partition coefficient (Wildman–Crippen LogP) is 4.46. The van der Waals surface area contributed by atoms with Gasteiger partial charge in [0.1, 0.15) is 5.75 Å². The minimum Gasteiger partial charge on any atom is -0.494 e. The van der Waals surface area contributed by atoms with Gasteiger partial charge in [0.25, 0.3) is 0 Å². The monoisotopic (exact) mass is 329 g/mol. The topological polar surface area (TPSA) is 38.3 Å². The maximum atomic E-state index is 11.8. The SMILES string of the molecule is CCCOc1ccc(/C=C\C(=O)NCc2ccc(Cl)cc2)cc1. The fourth-order valence-corrected chi connectivity index (χ4v) is 2.04. The normalized spacial score (nSPS) is 10.7. The molecule has 120 valence electrons. The number of hydrogen-bond donors (Lipinski definition) is 1. The molecule has 0 aliphatic rings. The zero-order chi connectivity index (χ0) is 16.5. The molecule has 23 heavy (non-hydrogen) atoms. The van der Waals surface area contributed by atoms with Crippen molar-refractivity contribution in [3.8, 4) is 5.75 Å². The molecule has 2 rings (SSSR count). The zero-order valence-corrected chi connectivity index (χ0v) is 13.8. The number of nitrogens with one attached hydrogen (secondary N) is 1. The Kier molecular flexibility index (Phi) is 6.70. The van der Waals surface area contributed by atoms with Gasteiger partial charge >= 0.3 is 0 Å². The van der Waals surface area contributed by atoms with Crippen LogP contribution in [0.2, 0.25) is 5.02 Å². The van der Waals surface area contributed by atoms with Crippen molar-refractivity contribution in [3.05, 3.63) is 70.8 Å². The van der Waals surface area contributed by atoms with E-state index in [0.717, 1.165) is 23.3 Å². The largest absolute Gasteiger partial charge is 0.494 e. The molecule has 0 aliphatic heterocycles. The van der Waals surface area contributed by atoms with E-state index in [1.807, 2.05) is 36.4 Å². The van der Waals surface area contributed by atoms with Crippen molar-refractivity contribution in [3.63, 3.8) is 0 Å². The van der Waals surface area contributed by atoms with Gasteiger partial charge in [-0.15, -0.1) is 0 Å². The summed E-state index contributed by atoms with van der Waals surface area (Å²) in [7, 11) is 0. The Labute approximate surface area is 141 Å². The smallest absolute Gasteiger partial charge is 0.244 e. The summed E-state index contributed by atoms with van der Waals surface area (Å²) in [6.45, 7) is 3.26. The lowest BCUT2D eigenvalue weighted by Crippen LogP contribution is -2.20. The third kappa shape index (κ3) is 6.17.